The Morgan fingerprint density at radius 2 is 1.81 bits per heavy atom. The van der Waals surface area contributed by atoms with Crippen LogP contribution in [0.4, 0.5) is 14.5 Å². The van der Waals surface area contributed by atoms with Gasteiger partial charge in [-0.05, 0) is 35.9 Å². The molecule has 0 aliphatic rings. The number of anilines is 1. The molecule has 0 fully saturated rings. The zero-order valence-electron chi connectivity index (χ0n) is 10.7. The van der Waals surface area contributed by atoms with E-state index in [0.29, 0.717) is 0 Å². The smallest absolute Gasteiger partial charge is 0.185 e. The highest BCUT2D eigenvalue weighted by Crippen LogP contribution is 2.22. The molecule has 0 aromatic heterocycles. The third-order valence-corrected chi connectivity index (χ3v) is 4.51. The Morgan fingerprint density at radius 3 is 2.43 bits per heavy atom. The number of hydrogen-bond donors (Lipinski definition) is 1. The van der Waals surface area contributed by atoms with Gasteiger partial charge in [-0.25, -0.2) is 17.2 Å². The molecular formula is C14H10F2N2O2S. The van der Waals surface area contributed by atoms with Gasteiger partial charge in [0.15, 0.2) is 9.84 Å². The second-order valence-electron chi connectivity index (χ2n) is 4.37. The van der Waals surface area contributed by atoms with E-state index in [4.69, 9.17) is 11.0 Å². The molecular weight excluding hydrogens is 298 g/mol. The number of halogens is 2. The minimum atomic E-state index is -3.96. The molecule has 2 N–H and O–H groups in total. The van der Waals surface area contributed by atoms with Gasteiger partial charge in [0, 0.05) is 5.69 Å². The number of nitrogens with zero attached hydrogens (tertiary/aromatic N) is 1. The Bertz CT molecular complexity index is 843. The highest BCUT2D eigenvalue weighted by Gasteiger charge is 2.20. The average Bonchev–Trinajstić information content (AvgIpc) is 2.40. The van der Waals surface area contributed by atoms with Crippen LogP contribution in [-0.2, 0) is 15.6 Å². The maximum absolute atomic E-state index is 13.7. The van der Waals surface area contributed by atoms with Gasteiger partial charge in [0.1, 0.15) is 22.6 Å². The van der Waals surface area contributed by atoms with Crippen LogP contribution in [0.1, 0.15) is 11.1 Å². The Balaban J connectivity index is 2.40. The predicted octanol–water partition coefficient (Wildman–Crippen LogP) is 2.39. The van der Waals surface area contributed by atoms with Crippen LogP contribution >= 0.6 is 0 Å². The molecule has 108 valence electrons. The molecule has 2 rings (SSSR count). The topological polar surface area (TPSA) is 84.0 Å². The van der Waals surface area contributed by atoms with Gasteiger partial charge in [-0.3, -0.25) is 0 Å². The third-order valence-electron chi connectivity index (χ3n) is 2.80. The van der Waals surface area contributed by atoms with Crippen molar-refractivity contribution in [1.29, 1.82) is 5.26 Å². The van der Waals surface area contributed by atoms with Gasteiger partial charge in [-0.2, -0.15) is 5.26 Å². The number of hydrogen-bond acceptors (Lipinski definition) is 4. The fourth-order valence-electron chi connectivity index (χ4n) is 1.81. The Labute approximate surface area is 120 Å². The molecule has 0 radical (unpaired) electrons. The number of nitrogens with two attached hydrogens (primary N) is 1. The summed E-state index contributed by atoms with van der Waals surface area (Å²) in [6, 6.07) is 8.26. The van der Waals surface area contributed by atoms with Gasteiger partial charge in [0.25, 0.3) is 0 Å². The molecule has 0 aliphatic carbocycles. The molecule has 0 bridgehead atoms. The third kappa shape index (κ3) is 3.17. The Morgan fingerprint density at radius 1 is 1.10 bits per heavy atom. The van der Waals surface area contributed by atoms with E-state index < -0.39 is 32.1 Å². The van der Waals surface area contributed by atoms with E-state index in [9.17, 15) is 17.2 Å². The molecule has 0 saturated heterocycles. The van der Waals surface area contributed by atoms with E-state index >= 15 is 0 Å². The van der Waals surface area contributed by atoms with Crippen molar-refractivity contribution in [1.82, 2.24) is 0 Å². The first kappa shape index (κ1) is 14.9. The van der Waals surface area contributed by atoms with Gasteiger partial charge >= 0.3 is 0 Å². The lowest BCUT2D eigenvalue weighted by Crippen LogP contribution is -2.08. The summed E-state index contributed by atoms with van der Waals surface area (Å²) >= 11 is 0. The number of nitriles is 1. The molecule has 0 atom stereocenters. The largest absolute Gasteiger partial charge is 0.399 e. The van der Waals surface area contributed by atoms with Crippen LogP contribution in [0.2, 0.25) is 0 Å². The van der Waals surface area contributed by atoms with Crippen LogP contribution in [0, 0.1) is 23.0 Å². The van der Waals surface area contributed by atoms with Crippen molar-refractivity contribution in [3.05, 3.63) is 59.2 Å². The van der Waals surface area contributed by atoms with Crippen molar-refractivity contribution in [2.75, 3.05) is 5.73 Å². The lowest BCUT2D eigenvalue weighted by Gasteiger charge is -2.07. The van der Waals surface area contributed by atoms with Crippen molar-refractivity contribution in [3.8, 4) is 6.07 Å². The van der Waals surface area contributed by atoms with Crippen molar-refractivity contribution < 1.29 is 17.2 Å². The van der Waals surface area contributed by atoms with Gasteiger partial charge in [0.05, 0.1) is 11.3 Å². The average molecular weight is 308 g/mol. The normalized spacial score (nSPS) is 11.1. The second-order valence-corrected chi connectivity index (χ2v) is 6.33. The molecule has 0 unspecified atom stereocenters. The molecule has 7 heteroatoms. The van der Waals surface area contributed by atoms with E-state index in [2.05, 4.69) is 0 Å². The van der Waals surface area contributed by atoms with Crippen molar-refractivity contribution in [3.63, 3.8) is 0 Å². The van der Waals surface area contributed by atoms with Crippen molar-refractivity contribution >= 4 is 15.5 Å². The second kappa shape index (κ2) is 5.50. The van der Waals surface area contributed by atoms with E-state index in [1.54, 1.807) is 6.07 Å². The number of nitrogen functional groups attached to an aromatic ring is 1. The summed E-state index contributed by atoms with van der Waals surface area (Å²) in [4.78, 5) is -0.487. The minimum absolute atomic E-state index is 0.111. The molecule has 2 aromatic carbocycles. The fraction of sp³-hybridized carbons (Fsp3) is 0.0714. The van der Waals surface area contributed by atoms with E-state index in [1.165, 1.54) is 12.1 Å². The van der Waals surface area contributed by atoms with Crippen LogP contribution in [0.25, 0.3) is 0 Å². The summed E-state index contributed by atoms with van der Waals surface area (Å²) in [5.41, 5.74) is 5.41. The van der Waals surface area contributed by atoms with E-state index in [0.717, 1.165) is 24.3 Å². The summed E-state index contributed by atoms with van der Waals surface area (Å²) < 4.78 is 51.2. The van der Waals surface area contributed by atoms with Crippen LogP contribution in [0.3, 0.4) is 0 Å². The van der Waals surface area contributed by atoms with Crippen molar-refractivity contribution in [2.24, 2.45) is 0 Å². The first-order valence-electron chi connectivity index (χ1n) is 5.80. The minimum Gasteiger partial charge on any atom is -0.399 e. The van der Waals surface area contributed by atoms with Gasteiger partial charge in [-0.15, -0.1) is 0 Å². The molecule has 2 aromatic rings. The predicted molar refractivity (Wildman–Crippen MR) is 72.8 cm³/mol. The SMILES string of the molecule is N#Cc1cc(CS(=O)(=O)c2ccc(N)cc2F)ccc1F. The molecule has 0 heterocycles. The highest BCUT2D eigenvalue weighted by molar-refractivity contribution is 7.90. The van der Waals surface area contributed by atoms with E-state index in [1.807, 2.05) is 0 Å². The van der Waals surface area contributed by atoms with Crippen LogP contribution in [0.5, 0.6) is 0 Å². The maximum Gasteiger partial charge on any atom is 0.185 e. The molecule has 4 nitrogen and oxygen atoms in total. The fourth-order valence-corrected chi connectivity index (χ4v) is 3.22. The maximum atomic E-state index is 13.7. The van der Waals surface area contributed by atoms with Crippen LogP contribution in [-0.4, -0.2) is 8.42 Å². The Hall–Kier alpha value is -2.46. The summed E-state index contributed by atoms with van der Waals surface area (Å²) in [5.74, 6) is -2.22. The number of rotatable bonds is 3. The van der Waals surface area contributed by atoms with Gasteiger partial charge in [0.2, 0.25) is 0 Å². The summed E-state index contributed by atoms with van der Waals surface area (Å²) in [7, 11) is -3.96. The molecule has 0 spiro atoms. The lowest BCUT2D eigenvalue weighted by molar-refractivity contribution is 0.566. The zero-order valence-corrected chi connectivity index (χ0v) is 11.5. The van der Waals surface area contributed by atoms with Crippen LogP contribution < -0.4 is 5.73 Å². The molecule has 21 heavy (non-hydrogen) atoms. The van der Waals surface area contributed by atoms with Gasteiger partial charge in [-0.1, -0.05) is 6.07 Å². The molecule has 0 aliphatic heterocycles. The monoisotopic (exact) mass is 308 g/mol. The van der Waals surface area contributed by atoms with Gasteiger partial charge < -0.3 is 5.73 Å². The van der Waals surface area contributed by atoms with Crippen LogP contribution in [0.15, 0.2) is 41.3 Å². The first-order chi connectivity index (χ1) is 9.83. The summed E-state index contributed by atoms with van der Waals surface area (Å²) in [6.07, 6.45) is 0. The Kier molecular flexibility index (Phi) is 3.91. The quantitative estimate of drug-likeness (QED) is 0.882. The molecule has 0 amide bonds. The first-order valence-corrected chi connectivity index (χ1v) is 7.45. The zero-order chi connectivity index (χ0) is 15.6. The van der Waals surface area contributed by atoms with Crippen molar-refractivity contribution in [2.45, 2.75) is 10.6 Å². The number of sulfone groups is 1. The number of benzene rings is 2. The lowest BCUT2D eigenvalue weighted by atomic mass is 10.1. The van der Waals surface area contributed by atoms with E-state index in [-0.39, 0.29) is 16.8 Å². The summed E-state index contributed by atoms with van der Waals surface area (Å²) in [6.45, 7) is 0. The highest BCUT2D eigenvalue weighted by atomic mass is 32.2. The standard InChI is InChI=1S/C14H10F2N2O2S/c15-12-3-1-9(5-10(12)7-17)8-21(19,20)14-4-2-11(18)6-13(14)16/h1-6H,8,18H2. The molecule has 0 saturated carbocycles. The summed E-state index contributed by atoms with van der Waals surface area (Å²) in [5, 5.41) is 8.72.